The summed E-state index contributed by atoms with van der Waals surface area (Å²) in [5, 5.41) is 0.161. The van der Waals surface area contributed by atoms with Crippen LogP contribution >= 0.6 is 0 Å². The van der Waals surface area contributed by atoms with Crippen molar-refractivity contribution in [2.75, 3.05) is 7.11 Å². The van der Waals surface area contributed by atoms with Crippen LogP contribution in [0.3, 0.4) is 0 Å². The van der Waals surface area contributed by atoms with Crippen LogP contribution in [0.5, 0.6) is 0 Å². The van der Waals surface area contributed by atoms with Crippen molar-refractivity contribution in [1.29, 1.82) is 0 Å². The second kappa shape index (κ2) is 11.6. The van der Waals surface area contributed by atoms with Crippen molar-refractivity contribution in [1.82, 2.24) is 0 Å². The Morgan fingerprint density at radius 1 is 1.08 bits per heavy atom. The van der Waals surface area contributed by atoms with Crippen LogP contribution in [0, 0.1) is 0 Å². The van der Waals surface area contributed by atoms with Crippen molar-refractivity contribution in [2.24, 2.45) is 0 Å². The van der Waals surface area contributed by atoms with Crippen LogP contribution in [0.15, 0.2) is 12.2 Å². The topological polar surface area (TPSA) is 52.6 Å². The maximum absolute atomic E-state index is 11.0. The zero-order valence-corrected chi connectivity index (χ0v) is 17.4. The average Bonchev–Trinajstić information content (AvgIpc) is 2.49. The monoisotopic (exact) mass is 356 g/mol. The molecule has 0 aliphatic rings. The summed E-state index contributed by atoms with van der Waals surface area (Å²) in [5.41, 5.74) is 0. The molecule has 0 radical (unpaired) electrons. The summed E-state index contributed by atoms with van der Waals surface area (Å²) in [6, 6.07) is 0. The first kappa shape index (κ1) is 23.1. The molecule has 0 N–H and O–H groups in total. The number of hydrogen-bond donors (Lipinski definition) is 0. The highest BCUT2D eigenvalue weighted by Crippen LogP contribution is 2.37. The first-order valence-electron chi connectivity index (χ1n) is 9.00. The summed E-state index contributed by atoms with van der Waals surface area (Å²) < 4.78 is 11.0. The maximum atomic E-state index is 11.0. The number of methoxy groups -OCH3 is 1. The third-order valence-electron chi connectivity index (χ3n) is 4.75. The second-order valence-corrected chi connectivity index (χ2v) is 12.6. The smallest absolute Gasteiger partial charge is 0.305 e. The summed E-state index contributed by atoms with van der Waals surface area (Å²) in [4.78, 5) is 21.7. The van der Waals surface area contributed by atoms with E-state index in [9.17, 15) is 9.59 Å². The van der Waals surface area contributed by atoms with Crippen molar-refractivity contribution >= 4 is 20.6 Å². The van der Waals surface area contributed by atoms with Gasteiger partial charge in [-0.05, 0) is 37.0 Å². The number of unbranched alkanes of at least 4 members (excludes halogenated alkanes) is 4. The van der Waals surface area contributed by atoms with E-state index in [-0.39, 0.29) is 17.1 Å². The minimum Gasteiger partial charge on any atom is -0.469 e. The number of carbonyl (C=O) groups is 2. The summed E-state index contributed by atoms with van der Waals surface area (Å²) >= 11 is 0. The van der Waals surface area contributed by atoms with Gasteiger partial charge in [-0.1, -0.05) is 52.5 Å². The van der Waals surface area contributed by atoms with Gasteiger partial charge in [-0.25, -0.2) is 0 Å². The molecule has 0 heterocycles. The highest BCUT2D eigenvalue weighted by Gasteiger charge is 2.38. The molecule has 1 unspecified atom stereocenters. The second-order valence-electron chi connectivity index (χ2n) is 7.82. The fourth-order valence-electron chi connectivity index (χ4n) is 2.17. The van der Waals surface area contributed by atoms with Gasteiger partial charge in [0, 0.05) is 6.42 Å². The minimum absolute atomic E-state index is 0.0196. The molecule has 0 aliphatic carbocycles. The highest BCUT2D eigenvalue weighted by molar-refractivity contribution is 6.74. The lowest BCUT2D eigenvalue weighted by Gasteiger charge is -2.38. The Kier molecular flexibility index (Phi) is 11.1. The van der Waals surface area contributed by atoms with E-state index in [0.717, 1.165) is 44.8 Å². The quantitative estimate of drug-likeness (QED) is 0.162. The van der Waals surface area contributed by atoms with Gasteiger partial charge in [0.15, 0.2) is 8.32 Å². The number of ether oxygens (including phenoxy) is 1. The molecule has 0 saturated heterocycles. The third kappa shape index (κ3) is 10.0. The van der Waals surface area contributed by atoms with Crippen LogP contribution in [0.4, 0.5) is 0 Å². The normalized spacial score (nSPS) is 13.9. The predicted molar refractivity (Wildman–Crippen MR) is 102 cm³/mol. The van der Waals surface area contributed by atoms with E-state index in [1.807, 2.05) is 6.08 Å². The zero-order valence-electron chi connectivity index (χ0n) is 16.4. The van der Waals surface area contributed by atoms with E-state index in [2.05, 4.69) is 38.6 Å². The molecule has 0 spiro atoms. The minimum atomic E-state index is -1.83. The summed E-state index contributed by atoms with van der Waals surface area (Å²) in [6.45, 7) is 11.1. The average molecular weight is 357 g/mol. The molecule has 140 valence electrons. The van der Waals surface area contributed by atoms with Gasteiger partial charge in [0.05, 0.1) is 13.2 Å². The van der Waals surface area contributed by atoms with E-state index in [4.69, 9.17) is 4.43 Å². The molecule has 0 fully saturated rings. The van der Waals surface area contributed by atoms with Gasteiger partial charge in [-0.15, -0.1) is 0 Å². The maximum Gasteiger partial charge on any atom is 0.305 e. The van der Waals surface area contributed by atoms with Crippen LogP contribution in [0.1, 0.15) is 65.7 Å². The van der Waals surface area contributed by atoms with E-state index >= 15 is 0 Å². The lowest BCUT2D eigenvalue weighted by atomic mass is 10.1. The van der Waals surface area contributed by atoms with Gasteiger partial charge in [-0.3, -0.25) is 9.59 Å². The zero-order chi connectivity index (χ0) is 18.6. The highest BCUT2D eigenvalue weighted by atomic mass is 28.4. The van der Waals surface area contributed by atoms with Gasteiger partial charge < -0.3 is 9.16 Å². The number of allylic oxidation sites excluding steroid dienone is 1. The summed E-state index contributed by atoms with van der Waals surface area (Å²) in [6.07, 6.45) is 11.0. The first-order valence-corrected chi connectivity index (χ1v) is 11.9. The van der Waals surface area contributed by atoms with Crippen molar-refractivity contribution in [3.63, 3.8) is 0 Å². The molecule has 0 bridgehead atoms. The summed E-state index contributed by atoms with van der Waals surface area (Å²) in [5.74, 6) is -0.128. The van der Waals surface area contributed by atoms with Crippen molar-refractivity contribution in [3.05, 3.63) is 12.2 Å². The van der Waals surface area contributed by atoms with E-state index in [1.165, 1.54) is 7.11 Å². The molecule has 5 heteroatoms. The van der Waals surface area contributed by atoms with Gasteiger partial charge in [0.25, 0.3) is 0 Å². The van der Waals surface area contributed by atoms with Gasteiger partial charge in [-0.2, -0.15) is 0 Å². The molecule has 0 amide bonds. The Bertz CT molecular complexity index is 397. The summed E-state index contributed by atoms with van der Waals surface area (Å²) in [7, 11) is -0.406. The molecule has 0 saturated carbocycles. The van der Waals surface area contributed by atoms with Crippen LogP contribution < -0.4 is 0 Å². The Morgan fingerprint density at radius 2 is 1.67 bits per heavy atom. The van der Waals surface area contributed by atoms with Gasteiger partial charge in [0.1, 0.15) is 6.29 Å². The molecule has 0 aromatic heterocycles. The van der Waals surface area contributed by atoms with E-state index in [1.54, 1.807) is 6.08 Å². The molecule has 4 nitrogen and oxygen atoms in total. The lowest BCUT2D eigenvalue weighted by Crippen LogP contribution is -2.43. The molecule has 1 atom stereocenters. The third-order valence-corrected chi connectivity index (χ3v) is 9.26. The fraction of sp³-hybridized carbons (Fsp3) is 0.789. The lowest BCUT2D eigenvalue weighted by molar-refractivity contribution is -0.140. The molecule has 24 heavy (non-hydrogen) atoms. The molecule has 0 aliphatic heterocycles. The molecule has 0 aromatic carbocycles. The van der Waals surface area contributed by atoms with Crippen LogP contribution in [0.2, 0.25) is 18.1 Å². The SMILES string of the molecule is COC(=O)CCCCCCCC(/C=C/C=O)O[Si](C)(C)C(C)(C)C. The molecule has 0 rings (SSSR count). The van der Waals surface area contributed by atoms with E-state index < -0.39 is 8.32 Å². The van der Waals surface area contributed by atoms with Gasteiger partial charge in [0.2, 0.25) is 0 Å². The van der Waals surface area contributed by atoms with Crippen LogP contribution in [0.25, 0.3) is 0 Å². The van der Waals surface area contributed by atoms with Crippen molar-refractivity contribution in [2.45, 2.75) is 90.0 Å². The van der Waals surface area contributed by atoms with Gasteiger partial charge >= 0.3 is 5.97 Å². The Morgan fingerprint density at radius 3 is 2.21 bits per heavy atom. The number of aldehydes is 1. The van der Waals surface area contributed by atoms with E-state index in [0.29, 0.717) is 6.42 Å². The Labute approximate surface area is 149 Å². The van der Waals surface area contributed by atoms with Crippen LogP contribution in [-0.4, -0.2) is 33.8 Å². The Balaban J connectivity index is 4.20. The number of carbonyl (C=O) groups excluding carboxylic acids is 2. The largest absolute Gasteiger partial charge is 0.469 e. The van der Waals surface area contributed by atoms with Crippen molar-refractivity contribution < 1.29 is 18.8 Å². The predicted octanol–water partition coefficient (Wildman–Crippen LogP) is 5.04. The van der Waals surface area contributed by atoms with Crippen molar-refractivity contribution in [3.8, 4) is 0 Å². The Hall–Kier alpha value is -0.943. The standard InChI is InChI=1S/C19H36O4Si/c1-19(2,3)24(5,6)23-17(14-12-16-20)13-10-8-7-9-11-15-18(21)22-4/h12,14,16-17H,7-11,13,15H2,1-6H3/b14-12+. The molecular formula is C19H36O4Si. The molecular weight excluding hydrogens is 320 g/mol. The van der Waals surface area contributed by atoms with Crippen LogP contribution in [-0.2, 0) is 18.8 Å². The number of rotatable bonds is 12. The number of esters is 1. The molecule has 0 aromatic rings. The number of hydrogen-bond acceptors (Lipinski definition) is 4. The first-order chi connectivity index (χ1) is 11.1. The fourth-order valence-corrected chi connectivity index (χ4v) is 3.47.